The molecule has 18 heavy (non-hydrogen) atoms. The van der Waals surface area contributed by atoms with Gasteiger partial charge in [0.1, 0.15) is 11.5 Å². The summed E-state index contributed by atoms with van der Waals surface area (Å²) in [6, 6.07) is 2.77. The van der Waals surface area contributed by atoms with Gasteiger partial charge in [-0.25, -0.2) is 0 Å². The minimum Gasteiger partial charge on any atom is -0.496 e. The van der Waals surface area contributed by atoms with Crippen molar-refractivity contribution in [2.24, 2.45) is 0 Å². The first-order chi connectivity index (χ1) is 8.28. The van der Waals surface area contributed by atoms with Gasteiger partial charge in [0, 0.05) is 5.56 Å². The zero-order chi connectivity index (χ0) is 13.9. The summed E-state index contributed by atoms with van der Waals surface area (Å²) >= 11 is 3.18. The second kappa shape index (κ2) is 5.79. The van der Waals surface area contributed by atoms with Gasteiger partial charge in [-0.15, -0.1) is 0 Å². The van der Waals surface area contributed by atoms with Crippen LogP contribution < -0.4 is 9.47 Å². The minimum atomic E-state index is -4.45. The monoisotopic (exact) mass is 328 g/mol. The van der Waals surface area contributed by atoms with Crippen molar-refractivity contribution in [1.82, 2.24) is 0 Å². The lowest BCUT2D eigenvalue weighted by Gasteiger charge is -2.18. The number of hydrogen-bond acceptors (Lipinski definition) is 3. The Balaban J connectivity index is 3.13. The van der Waals surface area contributed by atoms with E-state index < -0.39 is 18.7 Å². The van der Waals surface area contributed by atoms with Crippen molar-refractivity contribution in [3.8, 4) is 11.5 Å². The summed E-state index contributed by atoms with van der Waals surface area (Å²) in [5.41, 5.74) is 0.0369. The lowest BCUT2D eigenvalue weighted by molar-refractivity contribution is -0.154. The highest BCUT2D eigenvalue weighted by Crippen LogP contribution is 2.39. The molecule has 1 atom stereocenters. The number of benzene rings is 1. The molecule has 0 fully saturated rings. The summed E-state index contributed by atoms with van der Waals surface area (Å²) in [7, 11) is 2.70. The summed E-state index contributed by atoms with van der Waals surface area (Å²) in [4.78, 5) is 0. The molecule has 0 aromatic heterocycles. The van der Waals surface area contributed by atoms with E-state index in [1.807, 2.05) is 0 Å². The van der Waals surface area contributed by atoms with Gasteiger partial charge in [0.15, 0.2) is 0 Å². The van der Waals surface area contributed by atoms with Crippen molar-refractivity contribution in [3.63, 3.8) is 0 Å². The Morgan fingerprint density at radius 2 is 1.78 bits per heavy atom. The van der Waals surface area contributed by atoms with Gasteiger partial charge in [-0.05, 0) is 28.1 Å². The molecule has 1 aromatic rings. The Bertz CT molecular complexity index is 421. The van der Waals surface area contributed by atoms with Crippen LogP contribution in [0.15, 0.2) is 16.6 Å². The first-order valence-electron chi connectivity index (χ1n) is 4.94. The van der Waals surface area contributed by atoms with Gasteiger partial charge in [-0.2, -0.15) is 13.2 Å². The predicted molar refractivity (Wildman–Crippen MR) is 62.9 cm³/mol. The second-order valence-corrected chi connectivity index (χ2v) is 4.42. The lowest BCUT2D eigenvalue weighted by Crippen LogP contribution is -2.14. The van der Waals surface area contributed by atoms with Gasteiger partial charge in [-0.1, -0.05) is 0 Å². The number of alkyl halides is 3. The maximum atomic E-state index is 12.2. The SMILES string of the molecule is COc1cc(C(O)CC(F)(F)F)c(OC)cc1Br. The molecule has 7 heteroatoms. The zero-order valence-corrected chi connectivity index (χ0v) is 11.3. The number of methoxy groups -OCH3 is 2. The molecule has 102 valence electrons. The molecule has 1 aromatic carbocycles. The third-order valence-electron chi connectivity index (χ3n) is 2.29. The molecule has 1 N–H and O–H groups in total. The van der Waals surface area contributed by atoms with Crippen LogP contribution in [-0.2, 0) is 0 Å². The topological polar surface area (TPSA) is 38.7 Å². The van der Waals surface area contributed by atoms with E-state index in [-0.39, 0.29) is 11.3 Å². The van der Waals surface area contributed by atoms with Crippen LogP contribution in [0.25, 0.3) is 0 Å². The number of aliphatic hydroxyl groups is 1. The molecule has 0 aliphatic heterocycles. The van der Waals surface area contributed by atoms with Gasteiger partial charge in [-0.3, -0.25) is 0 Å². The van der Waals surface area contributed by atoms with E-state index in [9.17, 15) is 18.3 Å². The van der Waals surface area contributed by atoms with Crippen LogP contribution in [0.3, 0.4) is 0 Å². The lowest BCUT2D eigenvalue weighted by atomic mass is 10.0. The first kappa shape index (κ1) is 15.1. The molecule has 0 radical (unpaired) electrons. The molecular formula is C11H12BrF3O3. The smallest absolute Gasteiger partial charge is 0.391 e. The van der Waals surface area contributed by atoms with E-state index in [1.54, 1.807) is 0 Å². The van der Waals surface area contributed by atoms with E-state index >= 15 is 0 Å². The molecule has 0 bridgehead atoms. The molecular weight excluding hydrogens is 317 g/mol. The molecule has 0 spiro atoms. The summed E-state index contributed by atoms with van der Waals surface area (Å²) in [6.45, 7) is 0. The molecule has 0 saturated heterocycles. The normalized spacial score (nSPS) is 13.3. The Kier molecular flexibility index (Phi) is 4.86. The van der Waals surface area contributed by atoms with Crippen LogP contribution in [0, 0.1) is 0 Å². The Hall–Kier alpha value is -0.950. The van der Waals surface area contributed by atoms with Crippen molar-refractivity contribution in [3.05, 3.63) is 22.2 Å². The van der Waals surface area contributed by atoms with Gasteiger partial charge in [0.05, 0.1) is 31.2 Å². The maximum absolute atomic E-state index is 12.2. The van der Waals surface area contributed by atoms with Crippen molar-refractivity contribution in [1.29, 1.82) is 0 Å². The van der Waals surface area contributed by atoms with Crippen LogP contribution in [0.4, 0.5) is 13.2 Å². The largest absolute Gasteiger partial charge is 0.496 e. The van der Waals surface area contributed by atoms with Crippen molar-refractivity contribution >= 4 is 15.9 Å². The minimum absolute atomic E-state index is 0.0369. The molecule has 0 aliphatic rings. The van der Waals surface area contributed by atoms with E-state index in [2.05, 4.69) is 15.9 Å². The van der Waals surface area contributed by atoms with E-state index in [1.165, 1.54) is 26.4 Å². The number of aliphatic hydroxyl groups excluding tert-OH is 1. The molecule has 1 rings (SSSR count). The predicted octanol–water partition coefficient (Wildman–Crippen LogP) is 3.45. The highest BCUT2D eigenvalue weighted by atomic mass is 79.9. The molecule has 3 nitrogen and oxygen atoms in total. The first-order valence-corrected chi connectivity index (χ1v) is 5.74. The maximum Gasteiger partial charge on any atom is 0.391 e. The number of rotatable bonds is 4. The quantitative estimate of drug-likeness (QED) is 0.920. The van der Waals surface area contributed by atoms with Gasteiger partial charge < -0.3 is 14.6 Å². The third kappa shape index (κ3) is 3.78. The standard InChI is InChI=1S/C11H12BrF3O3/c1-17-9-4-7(12)10(18-2)3-6(9)8(16)5-11(13,14)15/h3-4,8,16H,5H2,1-2H3. The average molecular weight is 329 g/mol. The van der Waals surface area contributed by atoms with Gasteiger partial charge >= 0.3 is 6.18 Å². The fraction of sp³-hybridized carbons (Fsp3) is 0.455. The van der Waals surface area contributed by atoms with Crippen molar-refractivity contribution in [2.75, 3.05) is 14.2 Å². The average Bonchev–Trinajstić information content (AvgIpc) is 2.26. The fourth-order valence-corrected chi connectivity index (χ4v) is 1.96. The molecule has 0 aliphatic carbocycles. The second-order valence-electron chi connectivity index (χ2n) is 3.56. The third-order valence-corrected chi connectivity index (χ3v) is 2.91. The highest BCUT2D eigenvalue weighted by molar-refractivity contribution is 9.10. The van der Waals surface area contributed by atoms with Crippen LogP contribution in [0.1, 0.15) is 18.1 Å². The molecule has 0 amide bonds. The van der Waals surface area contributed by atoms with Crippen molar-refractivity contribution in [2.45, 2.75) is 18.7 Å². The van der Waals surface area contributed by atoms with Crippen LogP contribution in [-0.4, -0.2) is 25.5 Å². The van der Waals surface area contributed by atoms with Crippen LogP contribution in [0.5, 0.6) is 11.5 Å². The Morgan fingerprint density at radius 3 is 2.22 bits per heavy atom. The zero-order valence-electron chi connectivity index (χ0n) is 9.71. The Morgan fingerprint density at radius 1 is 1.22 bits per heavy atom. The molecule has 0 heterocycles. The van der Waals surface area contributed by atoms with E-state index in [4.69, 9.17) is 9.47 Å². The van der Waals surface area contributed by atoms with Crippen LogP contribution >= 0.6 is 15.9 Å². The number of hydrogen-bond donors (Lipinski definition) is 1. The van der Waals surface area contributed by atoms with Gasteiger partial charge in [0.2, 0.25) is 0 Å². The highest BCUT2D eigenvalue weighted by Gasteiger charge is 2.33. The van der Waals surface area contributed by atoms with E-state index in [0.29, 0.717) is 10.2 Å². The van der Waals surface area contributed by atoms with E-state index in [0.717, 1.165) is 0 Å². The molecule has 0 saturated carbocycles. The van der Waals surface area contributed by atoms with Crippen LogP contribution in [0.2, 0.25) is 0 Å². The summed E-state index contributed by atoms with van der Waals surface area (Å²) in [5.74, 6) is 0.492. The van der Waals surface area contributed by atoms with Gasteiger partial charge in [0.25, 0.3) is 0 Å². The van der Waals surface area contributed by atoms with Crippen molar-refractivity contribution < 1.29 is 27.8 Å². The summed E-state index contributed by atoms with van der Waals surface area (Å²) < 4.78 is 47.2. The summed E-state index contributed by atoms with van der Waals surface area (Å²) in [6.07, 6.45) is -7.49. The Labute approximate surface area is 111 Å². The number of ether oxygens (including phenoxy) is 2. The number of halogens is 4. The molecule has 1 unspecified atom stereocenters. The summed E-state index contributed by atoms with van der Waals surface area (Å²) in [5, 5.41) is 9.61. The fourth-order valence-electron chi connectivity index (χ4n) is 1.47.